The van der Waals surface area contributed by atoms with E-state index in [0.29, 0.717) is 11.0 Å². The van der Waals surface area contributed by atoms with Crippen molar-refractivity contribution in [3.8, 4) is 0 Å². The Labute approximate surface area is 181 Å². The Morgan fingerprint density at radius 3 is 2.28 bits per heavy atom. The molecule has 1 aliphatic rings. The Kier molecular flexibility index (Phi) is 6.54. The maximum atomic E-state index is 12.8. The highest BCUT2D eigenvalue weighted by molar-refractivity contribution is 8.01. The lowest BCUT2D eigenvalue weighted by Gasteiger charge is -2.24. The lowest BCUT2D eigenvalue weighted by atomic mass is 10.1. The van der Waals surface area contributed by atoms with Gasteiger partial charge in [0.05, 0.1) is 28.5 Å². The summed E-state index contributed by atoms with van der Waals surface area (Å²) in [5, 5.41) is 1.28. The maximum absolute atomic E-state index is 12.8. The van der Waals surface area contributed by atoms with E-state index in [1.54, 1.807) is 0 Å². The Hall–Kier alpha value is -3.02. The molecule has 0 radical (unpaired) electrons. The summed E-state index contributed by atoms with van der Waals surface area (Å²) in [5.41, 5.74) is -2.31. The van der Waals surface area contributed by atoms with Crippen LogP contribution in [-0.2, 0) is 26.7 Å². The molecule has 0 saturated heterocycles. The molecule has 2 aromatic carbocycles. The number of thioether (sulfide) groups is 1. The molecule has 1 atom stereocenters. The molecule has 1 aliphatic heterocycles. The SMILES string of the molecule is O=C(CC1Sc2ccc(C(F)(F)F)cc2NC1=O)OCC(=O)c1cccc(C(F)(F)F)c1. The van der Waals surface area contributed by atoms with Crippen molar-refractivity contribution in [3.63, 3.8) is 0 Å². The number of ketones is 1. The molecular formula is C20H13F6NO4S. The van der Waals surface area contributed by atoms with Crippen LogP contribution in [0.25, 0.3) is 0 Å². The van der Waals surface area contributed by atoms with Gasteiger partial charge in [0.25, 0.3) is 0 Å². The Morgan fingerprint density at radius 1 is 0.969 bits per heavy atom. The summed E-state index contributed by atoms with van der Waals surface area (Å²) in [6.07, 6.45) is -9.72. The number of nitrogens with one attached hydrogen (secondary N) is 1. The molecule has 1 unspecified atom stereocenters. The average Bonchev–Trinajstić information content (AvgIpc) is 2.71. The van der Waals surface area contributed by atoms with Crippen molar-refractivity contribution >= 4 is 35.1 Å². The second-order valence-electron chi connectivity index (χ2n) is 6.67. The number of alkyl halides is 6. The summed E-state index contributed by atoms with van der Waals surface area (Å²) in [4.78, 5) is 36.5. The van der Waals surface area contributed by atoms with E-state index in [-0.39, 0.29) is 11.3 Å². The van der Waals surface area contributed by atoms with Crippen LogP contribution in [0.4, 0.5) is 32.0 Å². The first-order valence-electron chi connectivity index (χ1n) is 8.89. The summed E-state index contributed by atoms with van der Waals surface area (Å²) in [7, 11) is 0. The third kappa shape index (κ3) is 5.61. The molecule has 0 spiro atoms. The largest absolute Gasteiger partial charge is 0.457 e. The monoisotopic (exact) mass is 477 g/mol. The van der Waals surface area contributed by atoms with Gasteiger partial charge in [-0.1, -0.05) is 12.1 Å². The average molecular weight is 477 g/mol. The summed E-state index contributed by atoms with van der Waals surface area (Å²) in [6, 6.07) is 6.39. The van der Waals surface area contributed by atoms with Crippen LogP contribution < -0.4 is 5.32 Å². The van der Waals surface area contributed by atoms with Gasteiger partial charge >= 0.3 is 18.3 Å². The number of hydrogen-bond donors (Lipinski definition) is 1. The molecule has 1 amide bonds. The number of anilines is 1. The minimum Gasteiger partial charge on any atom is -0.457 e. The van der Waals surface area contributed by atoms with E-state index in [2.05, 4.69) is 5.32 Å². The Balaban J connectivity index is 1.59. The van der Waals surface area contributed by atoms with Crippen LogP contribution in [0.3, 0.4) is 0 Å². The zero-order valence-corrected chi connectivity index (χ0v) is 16.7. The van der Waals surface area contributed by atoms with Gasteiger partial charge in [-0.15, -0.1) is 11.8 Å². The number of carbonyl (C=O) groups is 3. The molecule has 0 saturated carbocycles. The summed E-state index contributed by atoms with van der Waals surface area (Å²) >= 11 is 0.858. The third-order valence-electron chi connectivity index (χ3n) is 4.35. The van der Waals surface area contributed by atoms with Crippen molar-refractivity contribution in [2.45, 2.75) is 28.9 Å². The summed E-state index contributed by atoms with van der Waals surface area (Å²) < 4.78 is 81.4. The van der Waals surface area contributed by atoms with Gasteiger partial charge in [0.2, 0.25) is 5.91 Å². The first-order valence-corrected chi connectivity index (χ1v) is 9.77. The third-order valence-corrected chi connectivity index (χ3v) is 5.63. The lowest BCUT2D eigenvalue weighted by molar-refractivity contribution is -0.143. The topological polar surface area (TPSA) is 72.5 Å². The van der Waals surface area contributed by atoms with Crippen molar-refractivity contribution in [2.24, 2.45) is 0 Å². The molecule has 0 aliphatic carbocycles. The molecule has 170 valence electrons. The molecule has 3 rings (SSSR count). The Bertz CT molecular complexity index is 1070. The van der Waals surface area contributed by atoms with E-state index >= 15 is 0 Å². The van der Waals surface area contributed by atoms with Crippen molar-refractivity contribution in [1.82, 2.24) is 0 Å². The number of halogens is 6. The van der Waals surface area contributed by atoms with Crippen molar-refractivity contribution in [1.29, 1.82) is 0 Å². The van der Waals surface area contributed by atoms with Gasteiger partial charge in [0.15, 0.2) is 12.4 Å². The number of amides is 1. The quantitative estimate of drug-likeness (QED) is 0.375. The van der Waals surface area contributed by atoms with Crippen LogP contribution in [0.1, 0.15) is 27.9 Å². The number of rotatable bonds is 5. The van der Waals surface area contributed by atoms with E-state index in [1.807, 2.05) is 0 Å². The molecular weight excluding hydrogens is 464 g/mol. The summed E-state index contributed by atoms with van der Waals surface area (Å²) in [6.45, 7) is -0.829. The molecule has 0 aromatic heterocycles. The van der Waals surface area contributed by atoms with Gasteiger partial charge in [-0.25, -0.2) is 0 Å². The van der Waals surface area contributed by atoms with Gasteiger partial charge in [-0.3, -0.25) is 14.4 Å². The van der Waals surface area contributed by atoms with Gasteiger partial charge < -0.3 is 10.1 Å². The second-order valence-corrected chi connectivity index (χ2v) is 7.92. The molecule has 1 N–H and O–H groups in total. The highest BCUT2D eigenvalue weighted by Gasteiger charge is 2.35. The molecule has 5 nitrogen and oxygen atoms in total. The molecule has 0 fully saturated rings. The lowest BCUT2D eigenvalue weighted by Crippen LogP contribution is -2.32. The van der Waals surface area contributed by atoms with E-state index < -0.39 is 59.4 Å². The zero-order chi connectivity index (χ0) is 23.7. The fourth-order valence-corrected chi connectivity index (χ4v) is 3.85. The molecule has 1 heterocycles. The van der Waals surface area contributed by atoms with Gasteiger partial charge in [0, 0.05) is 10.5 Å². The van der Waals surface area contributed by atoms with E-state index in [9.17, 15) is 40.7 Å². The maximum Gasteiger partial charge on any atom is 0.416 e. The van der Waals surface area contributed by atoms with Gasteiger partial charge in [-0.05, 0) is 30.3 Å². The minimum atomic E-state index is -4.64. The first kappa shape index (κ1) is 23.6. The minimum absolute atomic E-state index is 0.0424. The van der Waals surface area contributed by atoms with Crippen LogP contribution in [0, 0.1) is 0 Å². The predicted molar refractivity (Wildman–Crippen MR) is 101 cm³/mol. The zero-order valence-electron chi connectivity index (χ0n) is 15.8. The Morgan fingerprint density at radius 2 is 1.62 bits per heavy atom. The smallest absolute Gasteiger partial charge is 0.416 e. The van der Waals surface area contributed by atoms with Crippen molar-refractivity contribution in [3.05, 3.63) is 59.2 Å². The van der Waals surface area contributed by atoms with Crippen LogP contribution in [0.2, 0.25) is 0 Å². The van der Waals surface area contributed by atoms with Crippen LogP contribution in [0.5, 0.6) is 0 Å². The number of esters is 1. The first-order chi connectivity index (χ1) is 14.8. The molecule has 12 heteroatoms. The number of fused-ring (bicyclic) bond motifs is 1. The number of Topliss-reactive ketones (excluding diaryl/α,β-unsaturated/α-hetero) is 1. The second kappa shape index (κ2) is 8.85. The van der Waals surface area contributed by atoms with Crippen LogP contribution >= 0.6 is 11.8 Å². The van der Waals surface area contributed by atoms with Crippen LogP contribution in [-0.4, -0.2) is 29.5 Å². The fourth-order valence-electron chi connectivity index (χ4n) is 2.77. The highest BCUT2D eigenvalue weighted by Crippen LogP contribution is 2.40. The predicted octanol–water partition coefficient (Wildman–Crippen LogP) is 4.95. The fraction of sp³-hybridized carbons (Fsp3) is 0.250. The molecule has 2 aromatic rings. The van der Waals surface area contributed by atoms with Gasteiger partial charge in [0.1, 0.15) is 0 Å². The van der Waals surface area contributed by atoms with E-state index in [1.165, 1.54) is 0 Å². The van der Waals surface area contributed by atoms with E-state index in [0.717, 1.165) is 48.2 Å². The van der Waals surface area contributed by atoms with Gasteiger partial charge in [-0.2, -0.15) is 26.3 Å². The summed E-state index contributed by atoms with van der Waals surface area (Å²) in [5.74, 6) is -2.55. The van der Waals surface area contributed by atoms with Crippen molar-refractivity contribution in [2.75, 3.05) is 11.9 Å². The van der Waals surface area contributed by atoms with Crippen molar-refractivity contribution < 1.29 is 45.5 Å². The number of benzene rings is 2. The normalized spacial score (nSPS) is 16.2. The highest BCUT2D eigenvalue weighted by atomic mass is 32.2. The number of ether oxygens (including phenoxy) is 1. The van der Waals surface area contributed by atoms with E-state index in [4.69, 9.17) is 4.74 Å². The number of hydrogen-bond acceptors (Lipinski definition) is 5. The van der Waals surface area contributed by atoms with Crippen LogP contribution in [0.15, 0.2) is 47.4 Å². The molecule has 32 heavy (non-hydrogen) atoms. The molecule has 0 bridgehead atoms. The standard InChI is InChI=1S/C20H13F6NO4S/c21-19(22,23)11-3-1-2-10(6-11)14(28)9-31-17(29)8-16-18(30)27-13-7-12(20(24,25)26)4-5-15(13)32-16/h1-7,16H,8-9H2,(H,27,30). The number of carbonyl (C=O) groups excluding carboxylic acids is 3.